The molecular formula is C10H20O4. The van der Waals surface area contributed by atoms with Crippen LogP contribution >= 0.6 is 0 Å². The molecule has 0 aromatic rings. The first kappa shape index (κ1) is 13.4. The van der Waals surface area contributed by atoms with Crippen LogP contribution in [0, 0.1) is 5.92 Å². The number of hydrogen-bond donors (Lipinski definition) is 2. The Labute approximate surface area is 84.9 Å². The van der Waals surface area contributed by atoms with Gasteiger partial charge in [-0.25, -0.2) is 4.79 Å². The van der Waals surface area contributed by atoms with Gasteiger partial charge in [-0.1, -0.05) is 13.8 Å². The van der Waals surface area contributed by atoms with E-state index in [4.69, 9.17) is 4.74 Å². The van der Waals surface area contributed by atoms with Crippen LogP contribution in [0.25, 0.3) is 0 Å². The normalized spacial score (nSPS) is 16.6. The monoisotopic (exact) mass is 204 g/mol. The lowest BCUT2D eigenvalue weighted by molar-refractivity contribution is -0.172. The molecule has 0 aliphatic rings. The third-order valence-corrected chi connectivity index (χ3v) is 1.65. The molecule has 0 amide bonds. The highest BCUT2D eigenvalue weighted by Crippen LogP contribution is 2.13. The number of esters is 1. The number of ether oxygens (including phenoxy) is 1. The van der Waals surface area contributed by atoms with Crippen molar-refractivity contribution in [2.24, 2.45) is 5.92 Å². The predicted molar refractivity (Wildman–Crippen MR) is 52.7 cm³/mol. The van der Waals surface area contributed by atoms with Gasteiger partial charge in [0, 0.05) is 0 Å². The van der Waals surface area contributed by atoms with Gasteiger partial charge in [0.25, 0.3) is 0 Å². The van der Waals surface area contributed by atoms with Crippen LogP contribution < -0.4 is 0 Å². The van der Waals surface area contributed by atoms with Gasteiger partial charge in [-0.05, 0) is 26.7 Å². The Morgan fingerprint density at radius 1 is 1.21 bits per heavy atom. The summed E-state index contributed by atoms with van der Waals surface area (Å²) in [6.07, 6.45) is -2.54. The van der Waals surface area contributed by atoms with Gasteiger partial charge in [0.1, 0.15) is 5.60 Å². The lowest BCUT2D eigenvalue weighted by atomic mass is 10.0. The summed E-state index contributed by atoms with van der Waals surface area (Å²) in [5.41, 5.74) is -0.644. The molecule has 0 aliphatic carbocycles. The van der Waals surface area contributed by atoms with Crippen molar-refractivity contribution in [3.63, 3.8) is 0 Å². The van der Waals surface area contributed by atoms with Crippen LogP contribution in [-0.2, 0) is 9.53 Å². The largest absolute Gasteiger partial charge is 0.458 e. The molecule has 0 aliphatic heterocycles. The molecule has 0 heterocycles. The molecule has 0 aromatic carbocycles. The van der Waals surface area contributed by atoms with Crippen molar-refractivity contribution in [2.75, 3.05) is 0 Å². The Bertz CT molecular complexity index is 193. The lowest BCUT2D eigenvalue weighted by Gasteiger charge is -2.25. The molecule has 0 bridgehead atoms. The molecule has 4 heteroatoms. The maximum Gasteiger partial charge on any atom is 0.338 e. The van der Waals surface area contributed by atoms with Crippen LogP contribution in [0.5, 0.6) is 0 Å². The second-order valence-corrected chi connectivity index (χ2v) is 4.71. The van der Waals surface area contributed by atoms with Gasteiger partial charge in [-0.2, -0.15) is 0 Å². The van der Waals surface area contributed by atoms with E-state index in [1.807, 2.05) is 0 Å². The highest BCUT2D eigenvalue weighted by molar-refractivity contribution is 5.75. The van der Waals surface area contributed by atoms with E-state index in [1.54, 1.807) is 34.6 Å². The summed E-state index contributed by atoms with van der Waals surface area (Å²) in [5, 5.41) is 18.8. The number of hydrogen-bond acceptors (Lipinski definition) is 4. The number of aliphatic hydroxyl groups excluding tert-OH is 2. The molecule has 14 heavy (non-hydrogen) atoms. The first-order valence-corrected chi connectivity index (χ1v) is 4.74. The second-order valence-electron chi connectivity index (χ2n) is 4.71. The fourth-order valence-electron chi connectivity index (χ4n) is 0.866. The van der Waals surface area contributed by atoms with E-state index in [2.05, 4.69) is 0 Å². The highest BCUT2D eigenvalue weighted by atomic mass is 16.6. The molecule has 2 N–H and O–H groups in total. The van der Waals surface area contributed by atoms with E-state index in [9.17, 15) is 15.0 Å². The standard InChI is InChI=1S/C10H20O4/c1-6(2)7(11)8(12)9(13)14-10(3,4)5/h6-8,11-12H,1-5H3/t7-,8-/m0/s1. The summed E-state index contributed by atoms with van der Waals surface area (Å²) in [6.45, 7) is 8.56. The van der Waals surface area contributed by atoms with Crippen molar-refractivity contribution < 1.29 is 19.7 Å². The lowest BCUT2D eigenvalue weighted by Crippen LogP contribution is -2.41. The first-order chi connectivity index (χ1) is 6.15. The summed E-state index contributed by atoms with van der Waals surface area (Å²) in [7, 11) is 0. The number of carbonyl (C=O) groups is 1. The van der Waals surface area contributed by atoms with Crippen LogP contribution in [0.1, 0.15) is 34.6 Å². The third-order valence-electron chi connectivity index (χ3n) is 1.65. The van der Waals surface area contributed by atoms with Crippen molar-refractivity contribution in [1.29, 1.82) is 0 Å². The third kappa shape index (κ3) is 4.58. The SMILES string of the molecule is CC(C)[C@H](O)[C@H](O)C(=O)OC(C)(C)C. The summed E-state index contributed by atoms with van der Waals surface area (Å²) in [5.74, 6) is -0.962. The van der Waals surface area contributed by atoms with Gasteiger partial charge in [0.2, 0.25) is 0 Å². The summed E-state index contributed by atoms with van der Waals surface area (Å²) < 4.78 is 4.92. The van der Waals surface area contributed by atoms with Crippen molar-refractivity contribution in [3.8, 4) is 0 Å². The summed E-state index contributed by atoms with van der Waals surface area (Å²) >= 11 is 0. The van der Waals surface area contributed by atoms with Crippen molar-refractivity contribution in [1.82, 2.24) is 0 Å². The van der Waals surface area contributed by atoms with Gasteiger partial charge in [0.15, 0.2) is 6.10 Å². The van der Waals surface area contributed by atoms with Crippen LogP contribution in [0.3, 0.4) is 0 Å². The van der Waals surface area contributed by atoms with Gasteiger partial charge in [0.05, 0.1) is 6.10 Å². The Kier molecular flexibility index (Phi) is 4.55. The Morgan fingerprint density at radius 3 is 1.93 bits per heavy atom. The number of aliphatic hydroxyl groups is 2. The van der Waals surface area contributed by atoms with Crippen LogP contribution in [0.2, 0.25) is 0 Å². The van der Waals surface area contributed by atoms with Crippen molar-refractivity contribution in [3.05, 3.63) is 0 Å². The van der Waals surface area contributed by atoms with Gasteiger partial charge < -0.3 is 14.9 Å². The van der Waals surface area contributed by atoms with E-state index < -0.39 is 23.8 Å². The maximum atomic E-state index is 11.3. The average Bonchev–Trinajstić information content (AvgIpc) is 1.98. The molecule has 0 aromatic heterocycles. The van der Waals surface area contributed by atoms with E-state index in [1.165, 1.54) is 0 Å². The van der Waals surface area contributed by atoms with Gasteiger partial charge >= 0.3 is 5.97 Å². The molecule has 0 radical (unpaired) electrons. The quantitative estimate of drug-likeness (QED) is 0.664. The molecule has 0 unspecified atom stereocenters. The number of rotatable bonds is 3. The minimum atomic E-state index is -1.46. The smallest absolute Gasteiger partial charge is 0.338 e. The molecule has 0 rings (SSSR count). The first-order valence-electron chi connectivity index (χ1n) is 4.74. The Morgan fingerprint density at radius 2 is 1.64 bits per heavy atom. The maximum absolute atomic E-state index is 11.3. The molecular weight excluding hydrogens is 184 g/mol. The predicted octanol–water partition coefficient (Wildman–Crippen LogP) is 0.706. The molecule has 84 valence electrons. The number of carbonyl (C=O) groups excluding carboxylic acids is 1. The minimum absolute atomic E-state index is 0.183. The Hall–Kier alpha value is -0.610. The molecule has 2 atom stereocenters. The zero-order valence-corrected chi connectivity index (χ0v) is 9.44. The highest BCUT2D eigenvalue weighted by Gasteiger charge is 2.30. The van der Waals surface area contributed by atoms with Crippen LogP contribution in [0.15, 0.2) is 0 Å². The topological polar surface area (TPSA) is 66.8 Å². The zero-order chi connectivity index (χ0) is 11.5. The van der Waals surface area contributed by atoms with Crippen LogP contribution in [0.4, 0.5) is 0 Å². The molecule has 0 saturated heterocycles. The van der Waals surface area contributed by atoms with E-state index in [-0.39, 0.29) is 5.92 Å². The van der Waals surface area contributed by atoms with E-state index >= 15 is 0 Å². The average molecular weight is 204 g/mol. The molecule has 4 nitrogen and oxygen atoms in total. The van der Waals surface area contributed by atoms with Gasteiger partial charge in [-0.3, -0.25) is 0 Å². The van der Waals surface area contributed by atoms with Crippen molar-refractivity contribution in [2.45, 2.75) is 52.4 Å². The van der Waals surface area contributed by atoms with Gasteiger partial charge in [-0.15, -0.1) is 0 Å². The minimum Gasteiger partial charge on any atom is -0.458 e. The van der Waals surface area contributed by atoms with E-state index in [0.29, 0.717) is 0 Å². The Balaban J connectivity index is 4.26. The molecule has 0 saturated carbocycles. The fourth-order valence-corrected chi connectivity index (χ4v) is 0.866. The zero-order valence-electron chi connectivity index (χ0n) is 9.44. The summed E-state index contributed by atoms with van der Waals surface area (Å²) in [6, 6.07) is 0. The second kappa shape index (κ2) is 4.75. The van der Waals surface area contributed by atoms with E-state index in [0.717, 1.165) is 0 Å². The van der Waals surface area contributed by atoms with Crippen molar-refractivity contribution >= 4 is 5.97 Å². The van der Waals surface area contributed by atoms with Crippen LogP contribution in [-0.4, -0.2) is 34.0 Å². The fraction of sp³-hybridized carbons (Fsp3) is 0.900. The molecule has 0 fully saturated rings. The molecule has 0 spiro atoms. The summed E-state index contributed by atoms with van der Waals surface area (Å²) in [4.78, 5) is 11.3.